The molecule has 0 N–H and O–H groups in total. The summed E-state index contributed by atoms with van der Waals surface area (Å²) in [5, 5.41) is 11.0. The Hall–Kier alpha value is -3.02. The first-order valence-corrected chi connectivity index (χ1v) is 14.1. The second-order valence-electron chi connectivity index (χ2n) is 9.30. The summed E-state index contributed by atoms with van der Waals surface area (Å²) in [5.74, 6) is 1.01. The number of hydrogen-bond donors (Lipinski definition) is 0. The quantitative estimate of drug-likeness (QED) is 0.482. The molecule has 0 unspecified atom stereocenters. The molecular formula is C27H32N4O3S. The van der Waals surface area contributed by atoms with E-state index in [2.05, 4.69) is 22.5 Å². The Labute approximate surface area is 207 Å². The smallest absolute Gasteiger partial charge is 0.235 e. The van der Waals surface area contributed by atoms with Crippen LogP contribution in [0.1, 0.15) is 38.2 Å². The predicted octanol–water partition coefficient (Wildman–Crippen LogP) is 4.60. The summed E-state index contributed by atoms with van der Waals surface area (Å²) in [6.07, 6.45) is 4.51. The summed E-state index contributed by atoms with van der Waals surface area (Å²) >= 11 is 0. The number of hydrogen-bond acceptors (Lipinski definition) is 5. The molecule has 2 aliphatic rings. The molecule has 0 radical (unpaired) electrons. The van der Waals surface area contributed by atoms with E-state index in [1.807, 2.05) is 42.5 Å². The number of nitrogens with zero attached hydrogens (tertiary/aromatic N) is 4. The van der Waals surface area contributed by atoms with Crippen LogP contribution in [0.5, 0.6) is 5.75 Å². The maximum absolute atomic E-state index is 12.3. The minimum atomic E-state index is -3.22. The Morgan fingerprint density at radius 3 is 2.43 bits per heavy atom. The highest BCUT2D eigenvalue weighted by Gasteiger charge is 2.28. The van der Waals surface area contributed by atoms with Gasteiger partial charge in [-0.25, -0.2) is 8.42 Å². The summed E-state index contributed by atoms with van der Waals surface area (Å²) in [4.78, 5) is 2.46. The largest absolute Gasteiger partial charge is 0.492 e. The molecule has 0 atom stereocenters. The zero-order chi connectivity index (χ0) is 24.4. The second kappa shape index (κ2) is 9.92. The number of aromatic nitrogens is 1. The molecule has 35 heavy (non-hydrogen) atoms. The van der Waals surface area contributed by atoms with E-state index in [1.165, 1.54) is 23.6 Å². The molecule has 3 heterocycles. The first kappa shape index (κ1) is 23.7. The Morgan fingerprint density at radius 1 is 1.00 bits per heavy atom. The van der Waals surface area contributed by atoms with E-state index in [4.69, 9.17) is 4.74 Å². The highest BCUT2D eigenvalue weighted by Crippen LogP contribution is 2.36. The molecule has 184 valence electrons. The third-order valence-corrected chi connectivity index (χ3v) is 8.99. The van der Waals surface area contributed by atoms with Crippen LogP contribution in [-0.4, -0.2) is 56.4 Å². The Morgan fingerprint density at radius 2 is 1.77 bits per heavy atom. The third-order valence-electron chi connectivity index (χ3n) is 7.12. The zero-order valence-electron chi connectivity index (χ0n) is 20.2. The fraction of sp³-hybridized carbons (Fsp3) is 0.444. The molecular weight excluding hydrogens is 460 g/mol. The van der Waals surface area contributed by atoms with Gasteiger partial charge >= 0.3 is 0 Å². The molecule has 8 heteroatoms. The van der Waals surface area contributed by atoms with Crippen LogP contribution in [0.2, 0.25) is 0 Å². The van der Waals surface area contributed by atoms with Crippen molar-refractivity contribution in [2.24, 2.45) is 0 Å². The number of sulfonamides is 1. The monoisotopic (exact) mass is 492 g/mol. The summed E-state index contributed by atoms with van der Waals surface area (Å²) < 4.78 is 34.3. The van der Waals surface area contributed by atoms with Gasteiger partial charge in [-0.3, -0.25) is 9.21 Å². The number of piperidine rings is 1. The predicted molar refractivity (Wildman–Crippen MR) is 139 cm³/mol. The molecule has 2 saturated heterocycles. The van der Waals surface area contributed by atoms with Gasteiger partial charge in [0.1, 0.15) is 18.4 Å². The van der Waals surface area contributed by atoms with Crippen LogP contribution >= 0.6 is 0 Å². The maximum Gasteiger partial charge on any atom is 0.235 e. The first-order chi connectivity index (χ1) is 17.0. The van der Waals surface area contributed by atoms with Crippen LogP contribution in [0.4, 0.5) is 5.69 Å². The number of nitriles is 1. The molecule has 2 fully saturated rings. The summed E-state index contributed by atoms with van der Waals surface area (Å²) in [6, 6.07) is 15.9. The number of fused-ring (bicyclic) bond motifs is 1. The van der Waals surface area contributed by atoms with E-state index in [0.717, 1.165) is 47.5 Å². The van der Waals surface area contributed by atoms with Gasteiger partial charge in [0.15, 0.2) is 0 Å². The van der Waals surface area contributed by atoms with Crippen molar-refractivity contribution in [1.82, 2.24) is 9.47 Å². The molecule has 1 aromatic heterocycles. The van der Waals surface area contributed by atoms with E-state index in [0.29, 0.717) is 37.4 Å². The highest BCUT2D eigenvalue weighted by atomic mass is 32.2. The molecule has 7 nitrogen and oxygen atoms in total. The molecule has 5 rings (SSSR count). The Kier molecular flexibility index (Phi) is 6.72. The van der Waals surface area contributed by atoms with E-state index >= 15 is 0 Å². The SMILES string of the molecule is CCn1c(-c2ccc(N3CCCS3(=O)=O)cc2)c(C#N)c2ccc(OCCN3CCCCC3)cc21. The zero-order valence-corrected chi connectivity index (χ0v) is 21.1. The molecule has 0 bridgehead atoms. The van der Waals surface area contributed by atoms with Gasteiger partial charge in [0.2, 0.25) is 10.0 Å². The van der Waals surface area contributed by atoms with Crippen LogP contribution in [0.3, 0.4) is 0 Å². The van der Waals surface area contributed by atoms with Crippen molar-refractivity contribution in [3.63, 3.8) is 0 Å². The number of anilines is 1. The molecule has 0 aliphatic carbocycles. The highest BCUT2D eigenvalue weighted by molar-refractivity contribution is 7.93. The minimum absolute atomic E-state index is 0.194. The maximum atomic E-state index is 12.3. The van der Waals surface area contributed by atoms with Gasteiger partial charge in [-0.2, -0.15) is 5.26 Å². The number of rotatable bonds is 7. The molecule has 0 spiro atoms. The van der Waals surface area contributed by atoms with Crippen LogP contribution in [0.25, 0.3) is 22.2 Å². The normalized spacial score (nSPS) is 18.1. The fourth-order valence-electron chi connectivity index (χ4n) is 5.35. The van der Waals surface area contributed by atoms with E-state index in [-0.39, 0.29) is 5.75 Å². The molecule has 2 aliphatic heterocycles. The topological polar surface area (TPSA) is 78.6 Å². The molecule has 3 aromatic rings. The third kappa shape index (κ3) is 4.63. The molecule has 0 amide bonds. The van der Waals surface area contributed by atoms with Gasteiger partial charge in [-0.15, -0.1) is 0 Å². The van der Waals surface area contributed by atoms with Crippen molar-refractivity contribution in [1.29, 1.82) is 5.26 Å². The van der Waals surface area contributed by atoms with E-state index in [1.54, 1.807) is 0 Å². The lowest BCUT2D eigenvalue weighted by molar-refractivity contribution is 0.183. The lowest BCUT2D eigenvalue weighted by Crippen LogP contribution is -2.33. The Balaban J connectivity index is 1.43. The van der Waals surface area contributed by atoms with Crippen LogP contribution in [0.15, 0.2) is 42.5 Å². The van der Waals surface area contributed by atoms with Crippen molar-refractivity contribution < 1.29 is 13.2 Å². The van der Waals surface area contributed by atoms with Crippen molar-refractivity contribution in [2.45, 2.75) is 39.2 Å². The number of benzene rings is 2. The standard InChI is InChI=1S/C27H32N4O3S/c1-2-30-26-19-23(34-17-16-29-13-4-3-5-14-29)11-12-24(26)25(20-28)27(30)21-7-9-22(10-8-21)31-15-6-18-35(31,32)33/h7-12,19H,2-6,13-18H2,1H3. The van der Waals surface area contributed by atoms with Gasteiger partial charge in [0.25, 0.3) is 0 Å². The van der Waals surface area contributed by atoms with Crippen molar-refractivity contribution >= 4 is 26.6 Å². The van der Waals surface area contributed by atoms with Gasteiger partial charge in [0.05, 0.1) is 28.2 Å². The van der Waals surface area contributed by atoms with Crippen LogP contribution in [0, 0.1) is 11.3 Å². The Bertz CT molecular complexity index is 1350. The molecule has 0 saturated carbocycles. The van der Waals surface area contributed by atoms with Gasteiger partial charge in [0, 0.05) is 31.1 Å². The van der Waals surface area contributed by atoms with Gasteiger partial charge < -0.3 is 9.30 Å². The lowest BCUT2D eigenvalue weighted by Gasteiger charge is -2.26. The van der Waals surface area contributed by atoms with Crippen molar-refractivity contribution in [3.8, 4) is 23.1 Å². The number of likely N-dealkylation sites (tertiary alicyclic amines) is 1. The van der Waals surface area contributed by atoms with Crippen LogP contribution in [-0.2, 0) is 16.6 Å². The van der Waals surface area contributed by atoms with Gasteiger partial charge in [-0.05, 0) is 69.1 Å². The lowest BCUT2D eigenvalue weighted by atomic mass is 10.1. The summed E-state index contributed by atoms with van der Waals surface area (Å²) in [7, 11) is -3.22. The number of ether oxygens (including phenoxy) is 1. The van der Waals surface area contributed by atoms with E-state index < -0.39 is 10.0 Å². The average molecular weight is 493 g/mol. The van der Waals surface area contributed by atoms with Crippen molar-refractivity contribution in [2.75, 3.05) is 42.8 Å². The van der Waals surface area contributed by atoms with Gasteiger partial charge in [-0.1, -0.05) is 18.6 Å². The molecule has 2 aromatic carbocycles. The summed E-state index contributed by atoms with van der Waals surface area (Å²) in [5.41, 5.74) is 4.02. The first-order valence-electron chi connectivity index (χ1n) is 12.5. The van der Waals surface area contributed by atoms with Crippen molar-refractivity contribution in [3.05, 3.63) is 48.0 Å². The average Bonchev–Trinajstić information content (AvgIpc) is 3.40. The second-order valence-corrected chi connectivity index (χ2v) is 11.3. The summed E-state index contributed by atoms with van der Waals surface area (Å²) in [6.45, 7) is 7.17. The minimum Gasteiger partial charge on any atom is -0.492 e. The fourth-order valence-corrected chi connectivity index (χ4v) is 6.92. The van der Waals surface area contributed by atoms with Crippen LogP contribution < -0.4 is 9.04 Å². The van der Waals surface area contributed by atoms with E-state index in [9.17, 15) is 13.7 Å². The number of aryl methyl sites for hydroxylation is 1.